The van der Waals surface area contributed by atoms with Crippen LogP contribution in [-0.2, 0) is 22.6 Å². The topological polar surface area (TPSA) is 67.4 Å². The third-order valence-electron chi connectivity index (χ3n) is 4.49. The quantitative estimate of drug-likeness (QED) is 0.812. The molecule has 2 amide bonds. The smallest absolute Gasteiger partial charge is 0.319 e. The zero-order chi connectivity index (χ0) is 18.5. The second-order valence-corrected chi connectivity index (χ2v) is 6.27. The number of esters is 1. The third kappa shape index (κ3) is 3.94. The second-order valence-electron chi connectivity index (χ2n) is 6.27. The Balaban J connectivity index is 1.79. The van der Waals surface area contributed by atoms with Gasteiger partial charge in [-0.2, -0.15) is 0 Å². The summed E-state index contributed by atoms with van der Waals surface area (Å²) in [5, 5.41) is 5.40. The molecule has 0 radical (unpaired) electrons. The lowest BCUT2D eigenvalue weighted by molar-refractivity contribution is -0.149. The first-order chi connectivity index (χ1) is 12.6. The molecule has 1 heterocycles. The van der Waals surface area contributed by atoms with Crippen molar-refractivity contribution in [2.24, 2.45) is 5.92 Å². The van der Waals surface area contributed by atoms with Gasteiger partial charge in [0.05, 0.1) is 6.04 Å². The van der Waals surface area contributed by atoms with Gasteiger partial charge in [-0.05, 0) is 23.1 Å². The molecule has 2 unspecified atom stereocenters. The molecular weight excluding hydrogens is 328 g/mol. The van der Waals surface area contributed by atoms with E-state index >= 15 is 0 Å². The molecule has 1 saturated heterocycles. The Hall–Kier alpha value is -3.08. The van der Waals surface area contributed by atoms with E-state index < -0.39 is 17.9 Å². The fourth-order valence-electron chi connectivity index (χ4n) is 3.02. The maximum atomic E-state index is 12.7. The first-order valence-corrected chi connectivity index (χ1v) is 8.64. The molecule has 5 heteroatoms. The summed E-state index contributed by atoms with van der Waals surface area (Å²) in [5.74, 6) is -1.11. The molecule has 0 aromatic heterocycles. The van der Waals surface area contributed by atoms with E-state index in [4.69, 9.17) is 4.74 Å². The van der Waals surface area contributed by atoms with Crippen molar-refractivity contribution < 1.29 is 14.3 Å². The number of aryl methyl sites for hydroxylation is 1. The number of amides is 2. The van der Waals surface area contributed by atoms with Crippen molar-refractivity contribution in [3.63, 3.8) is 0 Å². The van der Waals surface area contributed by atoms with Crippen molar-refractivity contribution in [1.82, 2.24) is 10.6 Å². The molecule has 1 fully saturated rings. The lowest BCUT2D eigenvalue weighted by atomic mass is 9.88. The number of carbonyl (C=O) groups excluding carboxylic acids is 2. The van der Waals surface area contributed by atoms with Gasteiger partial charge in [-0.3, -0.25) is 4.79 Å². The summed E-state index contributed by atoms with van der Waals surface area (Å²) in [5.41, 5.74) is 3.29. The van der Waals surface area contributed by atoms with Gasteiger partial charge in [-0.15, -0.1) is 0 Å². The van der Waals surface area contributed by atoms with Crippen LogP contribution < -0.4 is 10.6 Å². The van der Waals surface area contributed by atoms with E-state index in [0.29, 0.717) is 5.70 Å². The maximum absolute atomic E-state index is 12.7. The van der Waals surface area contributed by atoms with E-state index in [-0.39, 0.29) is 12.6 Å². The molecule has 26 heavy (non-hydrogen) atoms. The lowest BCUT2D eigenvalue weighted by Crippen LogP contribution is -2.51. The number of benzene rings is 2. The molecule has 2 aromatic carbocycles. The molecule has 1 aliphatic heterocycles. The van der Waals surface area contributed by atoms with E-state index in [2.05, 4.69) is 24.1 Å². The molecule has 0 spiro atoms. The minimum absolute atomic E-state index is 0.179. The van der Waals surface area contributed by atoms with E-state index in [0.717, 1.165) is 17.5 Å². The summed E-state index contributed by atoms with van der Waals surface area (Å²) in [6.45, 7) is 6.11. The number of ether oxygens (including phenoxy) is 1. The Labute approximate surface area is 153 Å². The molecule has 3 rings (SSSR count). The summed E-state index contributed by atoms with van der Waals surface area (Å²) in [6, 6.07) is 16.5. The van der Waals surface area contributed by atoms with Crippen molar-refractivity contribution in [3.05, 3.63) is 83.6 Å². The van der Waals surface area contributed by atoms with E-state index in [9.17, 15) is 9.59 Å². The van der Waals surface area contributed by atoms with Crippen LogP contribution in [0.2, 0.25) is 0 Å². The van der Waals surface area contributed by atoms with Crippen LogP contribution >= 0.6 is 0 Å². The highest BCUT2D eigenvalue weighted by Gasteiger charge is 2.38. The number of urea groups is 1. The van der Waals surface area contributed by atoms with Gasteiger partial charge < -0.3 is 15.4 Å². The first kappa shape index (κ1) is 17.7. The SMILES string of the molecule is C=C1NC(=O)NC(c2ccc(CC)cc2)C1C(=O)OCc1ccccc1. The first-order valence-electron chi connectivity index (χ1n) is 8.64. The van der Waals surface area contributed by atoms with Crippen LogP contribution in [-0.4, -0.2) is 12.0 Å². The molecule has 1 aliphatic rings. The number of carbonyl (C=O) groups is 2. The highest BCUT2D eigenvalue weighted by atomic mass is 16.5. The van der Waals surface area contributed by atoms with Crippen molar-refractivity contribution in [2.45, 2.75) is 26.0 Å². The number of nitrogens with one attached hydrogen (secondary N) is 2. The molecule has 2 N–H and O–H groups in total. The van der Waals surface area contributed by atoms with Gasteiger partial charge in [0.15, 0.2) is 0 Å². The maximum Gasteiger partial charge on any atom is 0.319 e. The van der Waals surface area contributed by atoms with Crippen LogP contribution in [0.1, 0.15) is 29.7 Å². The molecule has 2 atom stereocenters. The molecule has 2 aromatic rings. The molecule has 0 bridgehead atoms. The Morgan fingerprint density at radius 3 is 2.42 bits per heavy atom. The average Bonchev–Trinajstić information content (AvgIpc) is 2.66. The largest absolute Gasteiger partial charge is 0.460 e. The lowest BCUT2D eigenvalue weighted by Gasteiger charge is -2.33. The Bertz CT molecular complexity index is 800. The predicted octanol–water partition coefficient (Wildman–Crippen LogP) is 3.48. The van der Waals surface area contributed by atoms with Gasteiger partial charge in [-0.25, -0.2) is 4.79 Å². The van der Waals surface area contributed by atoms with Crippen LogP contribution in [0, 0.1) is 5.92 Å². The van der Waals surface area contributed by atoms with Gasteiger partial charge in [0.2, 0.25) is 0 Å². The number of hydrogen-bond donors (Lipinski definition) is 2. The summed E-state index contributed by atoms with van der Waals surface area (Å²) >= 11 is 0. The van der Waals surface area contributed by atoms with Crippen molar-refractivity contribution in [1.29, 1.82) is 0 Å². The van der Waals surface area contributed by atoms with E-state index in [1.165, 1.54) is 5.56 Å². The van der Waals surface area contributed by atoms with Crippen LogP contribution in [0.15, 0.2) is 66.9 Å². The minimum atomic E-state index is -0.691. The standard InChI is InChI=1S/C21H22N2O3/c1-3-15-9-11-17(12-10-15)19-18(14(2)22-21(25)23-19)20(24)26-13-16-7-5-4-6-8-16/h4-12,18-19H,2-3,13H2,1H3,(H2,22,23,25). The zero-order valence-electron chi connectivity index (χ0n) is 14.7. The second kappa shape index (κ2) is 7.87. The summed E-state index contributed by atoms with van der Waals surface area (Å²) in [7, 11) is 0. The van der Waals surface area contributed by atoms with Crippen LogP contribution in [0.4, 0.5) is 4.79 Å². The predicted molar refractivity (Wildman–Crippen MR) is 99.1 cm³/mol. The highest BCUT2D eigenvalue weighted by molar-refractivity contribution is 5.85. The Morgan fingerprint density at radius 1 is 1.08 bits per heavy atom. The molecule has 0 saturated carbocycles. The van der Waals surface area contributed by atoms with Crippen molar-refractivity contribution in [3.8, 4) is 0 Å². The van der Waals surface area contributed by atoms with Crippen molar-refractivity contribution >= 4 is 12.0 Å². The highest BCUT2D eigenvalue weighted by Crippen LogP contribution is 2.30. The molecule has 0 aliphatic carbocycles. The van der Waals surface area contributed by atoms with Gasteiger partial charge in [0.1, 0.15) is 12.5 Å². The van der Waals surface area contributed by atoms with Gasteiger partial charge in [-0.1, -0.05) is 68.1 Å². The van der Waals surface area contributed by atoms with Gasteiger partial charge in [0, 0.05) is 5.70 Å². The van der Waals surface area contributed by atoms with Crippen LogP contribution in [0.3, 0.4) is 0 Å². The number of rotatable bonds is 5. The minimum Gasteiger partial charge on any atom is -0.460 e. The summed E-state index contributed by atoms with van der Waals surface area (Å²) < 4.78 is 5.48. The monoisotopic (exact) mass is 350 g/mol. The van der Waals surface area contributed by atoms with Crippen LogP contribution in [0.5, 0.6) is 0 Å². The zero-order valence-corrected chi connectivity index (χ0v) is 14.7. The Kier molecular flexibility index (Phi) is 5.37. The fraction of sp³-hybridized carbons (Fsp3) is 0.238. The van der Waals surface area contributed by atoms with Gasteiger partial charge in [0.25, 0.3) is 0 Å². The van der Waals surface area contributed by atoms with Gasteiger partial charge >= 0.3 is 12.0 Å². The number of hydrogen-bond acceptors (Lipinski definition) is 3. The summed E-state index contributed by atoms with van der Waals surface area (Å²) in [6.07, 6.45) is 0.925. The summed E-state index contributed by atoms with van der Waals surface area (Å²) in [4.78, 5) is 24.6. The van der Waals surface area contributed by atoms with E-state index in [1.807, 2.05) is 54.6 Å². The third-order valence-corrected chi connectivity index (χ3v) is 4.49. The molecule has 5 nitrogen and oxygen atoms in total. The molecular formula is C21H22N2O3. The average molecular weight is 350 g/mol. The molecule has 134 valence electrons. The van der Waals surface area contributed by atoms with E-state index in [1.54, 1.807) is 0 Å². The van der Waals surface area contributed by atoms with Crippen molar-refractivity contribution in [2.75, 3.05) is 0 Å². The van der Waals surface area contributed by atoms with Crippen LogP contribution in [0.25, 0.3) is 0 Å². The fourth-order valence-corrected chi connectivity index (χ4v) is 3.02. The normalized spacial score (nSPS) is 19.4. The Morgan fingerprint density at radius 2 is 1.77 bits per heavy atom.